The van der Waals surface area contributed by atoms with E-state index < -0.39 is 0 Å². The fourth-order valence-corrected chi connectivity index (χ4v) is 1.10. The van der Waals surface area contributed by atoms with Crippen molar-refractivity contribution in [2.45, 2.75) is 19.8 Å². The first-order valence-corrected chi connectivity index (χ1v) is 4.16. The van der Waals surface area contributed by atoms with Crippen molar-refractivity contribution in [3.63, 3.8) is 0 Å². The lowest BCUT2D eigenvalue weighted by Gasteiger charge is -2.02. The molecule has 68 valence electrons. The van der Waals surface area contributed by atoms with Gasteiger partial charge in [-0.2, -0.15) is 10.4 Å². The molecule has 0 aliphatic carbocycles. The maximum absolute atomic E-state index is 11.1. The molecule has 0 aromatic carbocycles. The quantitative estimate of drug-likeness (QED) is 0.664. The maximum atomic E-state index is 11.1. The molecule has 1 rings (SSSR count). The minimum absolute atomic E-state index is 0.239. The summed E-state index contributed by atoms with van der Waals surface area (Å²) in [5, 5.41) is 12.7. The number of rotatable bonds is 2. The van der Waals surface area contributed by atoms with Crippen molar-refractivity contribution >= 4 is 0 Å². The van der Waals surface area contributed by atoms with Crippen LogP contribution in [0.4, 0.5) is 0 Å². The Bertz CT molecular complexity index is 400. The van der Waals surface area contributed by atoms with Crippen molar-refractivity contribution in [1.29, 1.82) is 5.26 Å². The first-order valence-electron chi connectivity index (χ1n) is 4.16. The molecule has 0 aliphatic heterocycles. The smallest absolute Gasteiger partial charge is 0.267 e. The Morgan fingerprint density at radius 2 is 2.38 bits per heavy atom. The van der Waals surface area contributed by atoms with E-state index in [9.17, 15) is 4.79 Å². The summed E-state index contributed by atoms with van der Waals surface area (Å²) in [7, 11) is 1.59. The fourth-order valence-electron chi connectivity index (χ4n) is 1.10. The van der Waals surface area contributed by atoms with Gasteiger partial charge in [-0.3, -0.25) is 4.79 Å². The second kappa shape index (κ2) is 3.85. The Morgan fingerprint density at radius 3 is 2.92 bits per heavy atom. The van der Waals surface area contributed by atoms with Crippen LogP contribution in [0.1, 0.15) is 24.6 Å². The second-order valence-electron chi connectivity index (χ2n) is 2.83. The lowest BCUT2D eigenvalue weighted by atomic mass is 10.1. The van der Waals surface area contributed by atoms with Gasteiger partial charge in [-0.25, -0.2) is 4.68 Å². The highest BCUT2D eigenvalue weighted by atomic mass is 16.1. The zero-order valence-corrected chi connectivity index (χ0v) is 7.74. The third-order valence-electron chi connectivity index (χ3n) is 1.78. The van der Waals surface area contributed by atoms with E-state index in [4.69, 9.17) is 5.26 Å². The van der Waals surface area contributed by atoms with Gasteiger partial charge in [0.25, 0.3) is 5.56 Å². The maximum Gasteiger partial charge on any atom is 0.267 e. The summed E-state index contributed by atoms with van der Waals surface area (Å²) in [4.78, 5) is 11.1. The van der Waals surface area contributed by atoms with Gasteiger partial charge in [0.2, 0.25) is 0 Å². The normalized spacial score (nSPS) is 9.62. The molecule has 0 N–H and O–H groups in total. The Morgan fingerprint density at radius 1 is 1.69 bits per heavy atom. The Kier molecular flexibility index (Phi) is 2.80. The largest absolute Gasteiger partial charge is 0.268 e. The number of hydrogen-bond donors (Lipinski definition) is 0. The van der Waals surface area contributed by atoms with Crippen molar-refractivity contribution in [3.05, 3.63) is 27.7 Å². The molecule has 0 radical (unpaired) electrons. The molecule has 0 saturated heterocycles. The van der Waals surface area contributed by atoms with Crippen LogP contribution in [-0.4, -0.2) is 9.78 Å². The zero-order chi connectivity index (χ0) is 9.84. The van der Waals surface area contributed by atoms with E-state index in [1.54, 1.807) is 7.05 Å². The van der Waals surface area contributed by atoms with Crippen LogP contribution in [0.3, 0.4) is 0 Å². The molecule has 0 fully saturated rings. The van der Waals surface area contributed by atoms with E-state index in [0.717, 1.165) is 12.8 Å². The van der Waals surface area contributed by atoms with Gasteiger partial charge < -0.3 is 0 Å². The van der Waals surface area contributed by atoms with Crippen molar-refractivity contribution < 1.29 is 0 Å². The molecule has 0 saturated carbocycles. The summed E-state index contributed by atoms with van der Waals surface area (Å²) in [5.41, 5.74) is 0.855. The van der Waals surface area contributed by atoms with Crippen LogP contribution in [-0.2, 0) is 13.5 Å². The predicted molar refractivity (Wildman–Crippen MR) is 48.2 cm³/mol. The van der Waals surface area contributed by atoms with Gasteiger partial charge in [-0.15, -0.1) is 0 Å². The summed E-state index contributed by atoms with van der Waals surface area (Å²) >= 11 is 0. The van der Waals surface area contributed by atoms with E-state index in [1.165, 1.54) is 10.7 Å². The Balaban J connectivity index is 3.27. The van der Waals surface area contributed by atoms with Crippen molar-refractivity contribution in [2.75, 3.05) is 0 Å². The first kappa shape index (κ1) is 9.46. The van der Waals surface area contributed by atoms with Gasteiger partial charge in [0.1, 0.15) is 6.07 Å². The average Bonchev–Trinajstić information content (AvgIpc) is 2.11. The van der Waals surface area contributed by atoms with Crippen molar-refractivity contribution in [1.82, 2.24) is 9.78 Å². The fraction of sp³-hybridized carbons (Fsp3) is 0.444. The number of nitrogens with zero attached hydrogens (tertiary/aromatic N) is 3. The summed E-state index contributed by atoms with van der Waals surface area (Å²) in [6, 6.07) is 3.30. The highest BCUT2D eigenvalue weighted by Crippen LogP contribution is 2.03. The molecule has 0 atom stereocenters. The molecule has 0 amide bonds. The number of aryl methyl sites for hydroxylation is 2. The van der Waals surface area contributed by atoms with Crippen LogP contribution in [0.15, 0.2) is 10.9 Å². The zero-order valence-electron chi connectivity index (χ0n) is 7.74. The number of nitriles is 1. The van der Waals surface area contributed by atoms with Crippen LogP contribution in [0, 0.1) is 11.3 Å². The van der Waals surface area contributed by atoms with Crippen LogP contribution >= 0.6 is 0 Å². The Hall–Kier alpha value is -1.63. The molecular formula is C9H11N3O. The van der Waals surface area contributed by atoms with E-state index in [1.807, 2.05) is 13.0 Å². The molecule has 1 heterocycles. The number of hydrogen-bond acceptors (Lipinski definition) is 3. The van der Waals surface area contributed by atoms with Crippen LogP contribution < -0.4 is 5.56 Å². The summed E-state index contributed by atoms with van der Waals surface area (Å²) in [5.74, 6) is 0. The summed E-state index contributed by atoms with van der Waals surface area (Å²) in [6.07, 6.45) is 1.65. The van der Waals surface area contributed by atoms with Crippen molar-refractivity contribution in [3.8, 4) is 6.07 Å². The molecule has 0 spiro atoms. The first-order chi connectivity index (χ1) is 6.19. The van der Waals surface area contributed by atoms with Gasteiger partial charge in [0, 0.05) is 13.1 Å². The van der Waals surface area contributed by atoms with Crippen LogP contribution in [0.25, 0.3) is 0 Å². The predicted octanol–water partition coefficient (Wildman–Crippen LogP) is 0.604. The topological polar surface area (TPSA) is 58.7 Å². The SMILES string of the molecule is CCCc1nn(C)c(=O)cc1C#N. The Labute approximate surface area is 76.4 Å². The summed E-state index contributed by atoms with van der Waals surface area (Å²) < 4.78 is 1.26. The van der Waals surface area contributed by atoms with E-state index >= 15 is 0 Å². The molecular weight excluding hydrogens is 166 g/mol. The second-order valence-corrected chi connectivity index (χ2v) is 2.83. The number of aromatic nitrogens is 2. The van der Waals surface area contributed by atoms with E-state index in [2.05, 4.69) is 5.10 Å². The molecule has 0 aliphatic rings. The summed E-state index contributed by atoms with van der Waals surface area (Å²) in [6.45, 7) is 2.01. The third-order valence-corrected chi connectivity index (χ3v) is 1.78. The van der Waals surface area contributed by atoms with Crippen LogP contribution in [0.5, 0.6) is 0 Å². The molecule has 0 unspecified atom stereocenters. The van der Waals surface area contributed by atoms with E-state index in [0.29, 0.717) is 11.3 Å². The van der Waals surface area contributed by atoms with Gasteiger partial charge in [0.15, 0.2) is 0 Å². The molecule has 1 aromatic heterocycles. The standard InChI is InChI=1S/C9H11N3O/c1-3-4-8-7(6-10)5-9(13)12(2)11-8/h5H,3-4H2,1-2H3. The molecule has 1 aromatic rings. The third kappa shape index (κ3) is 1.94. The molecule has 0 bridgehead atoms. The molecule has 13 heavy (non-hydrogen) atoms. The average molecular weight is 177 g/mol. The molecule has 4 nitrogen and oxygen atoms in total. The monoisotopic (exact) mass is 177 g/mol. The van der Waals surface area contributed by atoms with Gasteiger partial charge >= 0.3 is 0 Å². The van der Waals surface area contributed by atoms with Crippen LogP contribution in [0.2, 0.25) is 0 Å². The highest BCUT2D eigenvalue weighted by Gasteiger charge is 2.04. The van der Waals surface area contributed by atoms with Crippen molar-refractivity contribution in [2.24, 2.45) is 7.05 Å². The lowest BCUT2D eigenvalue weighted by Crippen LogP contribution is -2.21. The lowest BCUT2D eigenvalue weighted by molar-refractivity contribution is 0.668. The molecule has 4 heteroatoms. The van der Waals surface area contributed by atoms with Gasteiger partial charge in [0.05, 0.1) is 11.3 Å². The minimum atomic E-state index is -0.239. The minimum Gasteiger partial charge on any atom is -0.268 e. The van der Waals surface area contributed by atoms with Gasteiger partial charge in [-0.05, 0) is 6.42 Å². The van der Waals surface area contributed by atoms with E-state index in [-0.39, 0.29) is 5.56 Å². The van der Waals surface area contributed by atoms with Gasteiger partial charge in [-0.1, -0.05) is 13.3 Å². The highest BCUT2D eigenvalue weighted by molar-refractivity contribution is 5.31.